The second kappa shape index (κ2) is 3.03. The first kappa shape index (κ1) is 8.88. The van der Waals surface area contributed by atoms with Gasteiger partial charge in [0.15, 0.2) is 0 Å². The summed E-state index contributed by atoms with van der Waals surface area (Å²) < 4.78 is 0. The number of aromatic amines is 1. The summed E-state index contributed by atoms with van der Waals surface area (Å²) in [5, 5.41) is 1.73. The fraction of sp³-hybridized carbons (Fsp3) is 0. The maximum atomic E-state index is 5.78. The van der Waals surface area contributed by atoms with Crippen LogP contribution in [0.2, 0.25) is 5.02 Å². The number of benzene rings is 1. The van der Waals surface area contributed by atoms with Gasteiger partial charge >= 0.3 is 0 Å². The molecule has 1 aromatic carbocycles. The van der Waals surface area contributed by atoms with Crippen LogP contribution in [0.25, 0.3) is 17.0 Å². The van der Waals surface area contributed by atoms with Crippen LogP contribution < -0.4 is 0 Å². The van der Waals surface area contributed by atoms with Gasteiger partial charge < -0.3 is 4.98 Å². The van der Waals surface area contributed by atoms with Crippen molar-refractivity contribution in [3.8, 4) is 0 Å². The van der Waals surface area contributed by atoms with Crippen LogP contribution in [0, 0.1) is 6.07 Å². The Morgan fingerprint density at radius 1 is 1.46 bits per heavy atom. The Balaban J connectivity index is 0.000000845. The third-order valence-corrected chi connectivity index (χ3v) is 1.98. The summed E-state index contributed by atoms with van der Waals surface area (Å²) in [5.74, 6) is 0. The molecule has 0 atom stereocenters. The summed E-state index contributed by atoms with van der Waals surface area (Å²) in [7, 11) is 0. The van der Waals surface area contributed by atoms with Crippen molar-refractivity contribution in [1.29, 1.82) is 0 Å². The van der Waals surface area contributed by atoms with Gasteiger partial charge in [-0.15, -0.1) is 23.1 Å². The van der Waals surface area contributed by atoms with E-state index in [-0.39, 0.29) is 0 Å². The van der Waals surface area contributed by atoms with E-state index in [0.717, 1.165) is 16.6 Å². The molecule has 1 heterocycles. The zero-order valence-electron chi connectivity index (χ0n) is 6.75. The molecule has 2 rings (SSSR count). The monoisotopic (exact) mass is 419 g/mol. The molecule has 0 radical (unpaired) electrons. The molecule has 0 bridgehead atoms. The second-order valence-electron chi connectivity index (χ2n) is 2.58. The molecule has 0 fully saturated rings. The van der Waals surface area contributed by atoms with Crippen molar-refractivity contribution < 1.29 is 0 Å². The molecule has 0 aliphatic carbocycles. The van der Waals surface area contributed by atoms with E-state index >= 15 is 0 Å². The minimum absolute atomic E-state index is 0. The van der Waals surface area contributed by atoms with Crippen molar-refractivity contribution in [2.45, 2.75) is 0 Å². The molecule has 2 aromatic rings. The van der Waals surface area contributed by atoms with E-state index in [1.807, 2.05) is 18.2 Å². The molecule has 3 heteroatoms. The topological polar surface area (TPSA) is 15.8 Å². The Kier molecular flexibility index (Phi) is 2.07. The minimum Gasteiger partial charge on any atom is -0.408 e. The molecule has 0 unspecified atom stereocenters. The van der Waals surface area contributed by atoms with Crippen LogP contribution in [0.15, 0.2) is 24.8 Å². The minimum atomic E-state index is 0. The quantitative estimate of drug-likeness (QED) is 0.678. The molecule has 68 valence electrons. The summed E-state index contributed by atoms with van der Waals surface area (Å²) in [6.45, 7) is 3.67. The number of halogens is 1. The summed E-state index contributed by atoms with van der Waals surface area (Å²) in [4.78, 5) is 3.16. The Morgan fingerprint density at radius 2 is 2.23 bits per heavy atom. The van der Waals surface area contributed by atoms with Crippen molar-refractivity contribution in [1.82, 2.24) is 4.98 Å². The molecule has 1 aromatic heterocycles. The second-order valence-corrected chi connectivity index (χ2v) is 2.99. The number of hydrogen-bond donors (Lipinski definition) is 1. The fourth-order valence-electron chi connectivity index (χ4n) is 1.18. The average Bonchev–Trinajstić information content (AvgIpc) is 2.46. The molecule has 0 aliphatic rings. The maximum absolute atomic E-state index is 5.78. The molecule has 0 amide bonds. The third-order valence-electron chi connectivity index (χ3n) is 1.76. The summed E-state index contributed by atoms with van der Waals surface area (Å²) in [6, 6.07) is 8.63. The first-order valence-electron chi connectivity index (χ1n) is 3.62. The van der Waals surface area contributed by atoms with Gasteiger partial charge in [0.05, 0.1) is 0 Å². The van der Waals surface area contributed by atoms with Gasteiger partial charge in [-0.2, -0.15) is 12.1 Å². The van der Waals surface area contributed by atoms with Gasteiger partial charge in [-0.3, -0.25) is 0 Å². The zero-order valence-corrected chi connectivity index (χ0v) is 10.4. The Hall–Kier alpha value is -2.21. The van der Waals surface area contributed by atoms with Crippen LogP contribution in [-0.2, 0) is 0 Å². The first-order chi connectivity index (χ1) is 5.79. The Bertz CT molecular complexity index is 433. The normalized spacial score (nSPS) is 9.62. The van der Waals surface area contributed by atoms with E-state index in [9.17, 15) is 0 Å². The molecule has 0 saturated heterocycles. The molecular formula is C10H7ClCmN-. The van der Waals surface area contributed by atoms with Gasteiger partial charge in [0.1, 0.15) is 0 Å². The number of H-pyrrole nitrogens is 1. The summed E-state index contributed by atoms with van der Waals surface area (Å²) in [6.07, 6.45) is 1.77. The van der Waals surface area contributed by atoms with Crippen molar-refractivity contribution >= 4 is 28.6 Å². The number of nitrogens with one attached hydrogen (secondary N) is 1. The number of hydrogen-bond acceptors (Lipinski definition) is 0. The van der Waals surface area contributed by atoms with Gasteiger partial charge in [-0.05, 0) is 6.08 Å². The van der Waals surface area contributed by atoms with Gasteiger partial charge in [0.25, 0.3) is 0 Å². The molecule has 0 aliphatic heterocycles. The first-order valence-corrected chi connectivity index (χ1v) is 4.00. The molecule has 1 nitrogen and oxygen atoms in total. The van der Waals surface area contributed by atoms with Gasteiger partial charge in [-0.1, -0.05) is 23.2 Å². The van der Waals surface area contributed by atoms with E-state index < -0.39 is 0 Å². The van der Waals surface area contributed by atoms with Crippen molar-refractivity contribution in [2.75, 3.05) is 0 Å². The van der Waals surface area contributed by atoms with Crippen LogP contribution >= 0.6 is 11.6 Å². The smallest absolute Gasteiger partial charge is 0.0254 e. The predicted octanol–water partition coefficient (Wildman–Crippen LogP) is 3.26. The van der Waals surface area contributed by atoms with Gasteiger partial charge in [0.2, 0.25) is 0 Å². The van der Waals surface area contributed by atoms with Gasteiger partial charge in [0, 0.05) is 5.69 Å². The van der Waals surface area contributed by atoms with E-state index in [1.165, 1.54) is 0 Å². The predicted molar refractivity (Wildman–Crippen MR) is 52.2 cm³/mol. The van der Waals surface area contributed by atoms with Crippen LogP contribution in [0.1, 0.15) is 5.69 Å². The number of aromatic nitrogens is 1. The van der Waals surface area contributed by atoms with Crippen LogP contribution in [0.3, 0.4) is 0 Å². The largest absolute Gasteiger partial charge is 0.408 e. The van der Waals surface area contributed by atoms with E-state index in [0.29, 0.717) is 5.02 Å². The maximum Gasteiger partial charge on any atom is 0.0254 e. The fourth-order valence-corrected chi connectivity index (χ4v) is 1.35. The summed E-state index contributed by atoms with van der Waals surface area (Å²) >= 11 is 5.78. The van der Waals surface area contributed by atoms with Crippen LogP contribution in [0.5, 0.6) is 0 Å². The standard InChI is InChI=1S/C10H7ClN.Cm/c1-2-9-6-7-5-8(11)3-4-10(7)12-9;/h2,4-6,12H,1H2;/q-1;. The molecule has 13 heavy (non-hydrogen) atoms. The van der Waals surface area contributed by atoms with Crippen molar-refractivity contribution in [3.05, 3.63) is 41.6 Å². The molecular weight excluding hydrogens is 417 g/mol. The molecule has 1 N–H and O–H groups in total. The van der Waals surface area contributed by atoms with E-state index in [4.69, 9.17) is 11.6 Å². The molecule has 0 spiro atoms. The SMILES string of the molecule is C=Cc1cc2cc(Cl)[c-]cc2[nH]1.[Cm]. The zero-order chi connectivity index (χ0) is 8.55. The van der Waals surface area contributed by atoms with Crippen LogP contribution in [-0.4, -0.2) is 4.98 Å². The van der Waals surface area contributed by atoms with Crippen molar-refractivity contribution in [2.24, 2.45) is 0 Å². The number of fused-ring (bicyclic) bond motifs is 1. The Morgan fingerprint density at radius 3 is 2.92 bits per heavy atom. The van der Waals surface area contributed by atoms with Gasteiger partial charge in [-0.25, -0.2) is 0 Å². The number of rotatable bonds is 1. The molecule has 0 saturated carbocycles. The van der Waals surface area contributed by atoms with E-state index in [2.05, 4.69) is 17.6 Å². The van der Waals surface area contributed by atoms with E-state index in [1.54, 1.807) is 6.08 Å². The third kappa shape index (κ3) is 1.37. The average molecular weight is 424 g/mol. The van der Waals surface area contributed by atoms with Crippen LogP contribution in [0.4, 0.5) is 0 Å². The van der Waals surface area contributed by atoms with Crippen molar-refractivity contribution in [3.63, 3.8) is 0 Å². The summed E-state index contributed by atoms with van der Waals surface area (Å²) in [5.41, 5.74) is 2.04. The Labute approximate surface area is 75.7 Å².